The van der Waals surface area contributed by atoms with E-state index in [1.54, 1.807) is 0 Å². The Morgan fingerprint density at radius 2 is 1.80 bits per heavy atom. The maximum atomic E-state index is 10.7. The molecule has 0 aromatic rings. The minimum Gasteiger partial charge on any atom is -0.328 e. The molecule has 1 rings (SSSR count). The van der Waals surface area contributed by atoms with Crippen LogP contribution in [0.25, 0.3) is 0 Å². The minimum absolute atomic E-state index is 0.0342. The lowest BCUT2D eigenvalue weighted by Crippen LogP contribution is -2.28. The van der Waals surface area contributed by atoms with E-state index in [4.69, 9.17) is 5.73 Å². The molecule has 0 saturated heterocycles. The van der Waals surface area contributed by atoms with Gasteiger partial charge in [-0.05, 0) is 25.7 Å². The SMILES string of the molecule is NC1CCC(C(=O)S)CC1. The Kier molecular flexibility index (Phi) is 2.74. The van der Waals surface area contributed by atoms with Crippen molar-refractivity contribution >= 4 is 17.7 Å². The summed E-state index contributed by atoms with van der Waals surface area (Å²) in [7, 11) is 0. The predicted molar refractivity (Wildman–Crippen MR) is 43.9 cm³/mol. The van der Waals surface area contributed by atoms with Crippen molar-refractivity contribution in [3.8, 4) is 0 Å². The third-order valence-electron chi connectivity index (χ3n) is 2.12. The van der Waals surface area contributed by atoms with Gasteiger partial charge >= 0.3 is 0 Å². The van der Waals surface area contributed by atoms with E-state index in [1.165, 1.54) is 0 Å². The molecule has 2 nitrogen and oxygen atoms in total. The Hall–Kier alpha value is -0.0200. The Morgan fingerprint density at radius 3 is 2.20 bits per heavy atom. The van der Waals surface area contributed by atoms with Crippen LogP contribution in [0.15, 0.2) is 0 Å². The third kappa shape index (κ3) is 1.99. The quantitative estimate of drug-likeness (QED) is 0.560. The third-order valence-corrected chi connectivity index (χ3v) is 2.49. The number of hydrogen-bond donors (Lipinski definition) is 2. The molecular formula is C7H13NOS. The van der Waals surface area contributed by atoms with Crippen molar-refractivity contribution in [2.45, 2.75) is 31.7 Å². The average Bonchev–Trinajstić information content (AvgIpc) is 1.88. The first-order valence-electron chi connectivity index (χ1n) is 3.68. The largest absolute Gasteiger partial charge is 0.328 e. The molecule has 0 heterocycles. The first-order chi connectivity index (χ1) is 4.70. The average molecular weight is 159 g/mol. The lowest BCUT2D eigenvalue weighted by molar-refractivity contribution is -0.115. The summed E-state index contributed by atoms with van der Waals surface area (Å²) < 4.78 is 0. The molecule has 0 radical (unpaired) electrons. The van der Waals surface area contributed by atoms with Gasteiger partial charge in [-0.15, -0.1) is 12.6 Å². The van der Waals surface area contributed by atoms with Gasteiger partial charge < -0.3 is 5.73 Å². The van der Waals surface area contributed by atoms with Crippen LogP contribution in [0.1, 0.15) is 25.7 Å². The van der Waals surface area contributed by atoms with Crippen LogP contribution in [0.4, 0.5) is 0 Å². The Labute approximate surface area is 66.6 Å². The van der Waals surface area contributed by atoms with E-state index in [0.29, 0.717) is 6.04 Å². The smallest absolute Gasteiger partial charge is 0.188 e. The summed E-state index contributed by atoms with van der Waals surface area (Å²) >= 11 is 3.79. The fraction of sp³-hybridized carbons (Fsp3) is 0.857. The van der Waals surface area contributed by atoms with Crippen LogP contribution < -0.4 is 5.73 Å². The molecule has 0 unspecified atom stereocenters. The molecular weight excluding hydrogens is 146 g/mol. The van der Waals surface area contributed by atoms with Crippen LogP contribution in [-0.2, 0) is 4.79 Å². The topological polar surface area (TPSA) is 43.1 Å². The van der Waals surface area contributed by atoms with E-state index in [2.05, 4.69) is 12.6 Å². The second-order valence-corrected chi connectivity index (χ2v) is 3.39. The zero-order valence-corrected chi connectivity index (χ0v) is 6.81. The minimum atomic E-state index is 0.0342. The maximum absolute atomic E-state index is 10.7. The number of nitrogens with two attached hydrogens (primary N) is 1. The maximum Gasteiger partial charge on any atom is 0.188 e. The number of thiol groups is 1. The highest BCUT2D eigenvalue weighted by Gasteiger charge is 2.21. The highest BCUT2D eigenvalue weighted by Crippen LogP contribution is 2.24. The van der Waals surface area contributed by atoms with Crippen LogP contribution in [0.2, 0.25) is 0 Å². The molecule has 0 bridgehead atoms. The molecule has 0 aromatic carbocycles. The van der Waals surface area contributed by atoms with Crippen LogP contribution in [0.3, 0.4) is 0 Å². The van der Waals surface area contributed by atoms with Gasteiger partial charge in [0.2, 0.25) is 0 Å². The van der Waals surface area contributed by atoms with Crippen molar-refractivity contribution in [1.82, 2.24) is 0 Å². The summed E-state index contributed by atoms with van der Waals surface area (Å²) in [6.07, 6.45) is 3.83. The van der Waals surface area contributed by atoms with Gasteiger partial charge in [0, 0.05) is 12.0 Å². The molecule has 2 N–H and O–H groups in total. The van der Waals surface area contributed by atoms with Crippen LogP contribution in [-0.4, -0.2) is 11.2 Å². The lowest BCUT2D eigenvalue weighted by Gasteiger charge is -2.23. The molecule has 0 amide bonds. The summed E-state index contributed by atoms with van der Waals surface area (Å²) in [5.41, 5.74) is 5.66. The van der Waals surface area contributed by atoms with E-state index in [0.717, 1.165) is 25.7 Å². The van der Waals surface area contributed by atoms with E-state index in [1.807, 2.05) is 0 Å². The summed E-state index contributed by atoms with van der Waals surface area (Å²) in [5.74, 6) is 0.183. The first-order valence-corrected chi connectivity index (χ1v) is 4.13. The summed E-state index contributed by atoms with van der Waals surface area (Å²) in [6, 6.07) is 0.323. The fourth-order valence-electron chi connectivity index (χ4n) is 1.37. The lowest BCUT2D eigenvalue weighted by atomic mass is 9.87. The monoisotopic (exact) mass is 159 g/mol. The zero-order chi connectivity index (χ0) is 7.56. The van der Waals surface area contributed by atoms with Gasteiger partial charge in [0.25, 0.3) is 0 Å². The van der Waals surface area contributed by atoms with Crippen LogP contribution >= 0.6 is 12.6 Å². The molecule has 1 saturated carbocycles. The standard InChI is InChI=1S/C7H13NOS/c8-6-3-1-5(2-4-6)7(9)10/h5-6H,1-4,8H2,(H,9,10). The summed E-state index contributed by atoms with van der Waals surface area (Å²) in [6.45, 7) is 0. The summed E-state index contributed by atoms with van der Waals surface area (Å²) in [4.78, 5) is 10.7. The van der Waals surface area contributed by atoms with Gasteiger partial charge in [-0.3, -0.25) is 4.79 Å². The molecule has 1 aliphatic rings. The van der Waals surface area contributed by atoms with Crippen molar-refractivity contribution in [2.24, 2.45) is 11.7 Å². The first kappa shape index (κ1) is 8.08. The molecule has 1 fully saturated rings. The van der Waals surface area contributed by atoms with E-state index >= 15 is 0 Å². The molecule has 0 aromatic heterocycles. The van der Waals surface area contributed by atoms with Gasteiger partial charge in [-0.2, -0.15) is 0 Å². The van der Waals surface area contributed by atoms with Crippen molar-refractivity contribution < 1.29 is 4.79 Å². The number of carbonyl (C=O) groups is 1. The molecule has 10 heavy (non-hydrogen) atoms. The van der Waals surface area contributed by atoms with Gasteiger partial charge in [0.15, 0.2) is 5.12 Å². The van der Waals surface area contributed by atoms with Crippen molar-refractivity contribution in [3.63, 3.8) is 0 Å². The van der Waals surface area contributed by atoms with Gasteiger partial charge in [0.1, 0.15) is 0 Å². The highest BCUT2D eigenvalue weighted by molar-refractivity contribution is 7.96. The second-order valence-electron chi connectivity index (χ2n) is 2.95. The molecule has 0 spiro atoms. The van der Waals surface area contributed by atoms with Crippen LogP contribution in [0.5, 0.6) is 0 Å². The molecule has 0 atom stereocenters. The second kappa shape index (κ2) is 3.39. The Balaban J connectivity index is 2.33. The van der Waals surface area contributed by atoms with Gasteiger partial charge in [-0.1, -0.05) is 0 Å². The zero-order valence-electron chi connectivity index (χ0n) is 5.92. The van der Waals surface area contributed by atoms with Crippen molar-refractivity contribution in [2.75, 3.05) is 0 Å². The molecule has 58 valence electrons. The predicted octanol–water partition coefficient (Wildman–Crippen LogP) is 0.960. The normalized spacial score (nSPS) is 33.8. The van der Waals surface area contributed by atoms with E-state index in [9.17, 15) is 4.79 Å². The van der Waals surface area contributed by atoms with E-state index < -0.39 is 0 Å². The Bertz CT molecular complexity index is 130. The fourth-order valence-corrected chi connectivity index (χ4v) is 1.62. The van der Waals surface area contributed by atoms with Crippen molar-refractivity contribution in [3.05, 3.63) is 0 Å². The molecule has 1 aliphatic carbocycles. The Morgan fingerprint density at radius 1 is 1.30 bits per heavy atom. The highest BCUT2D eigenvalue weighted by atomic mass is 32.1. The summed E-state index contributed by atoms with van der Waals surface area (Å²) in [5, 5.41) is 0.0342. The molecule has 0 aliphatic heterocycles. The van der Waals surface area contributed by atoms with Crippen LogP contribution in [0, 0.1) is 5.92 Å². The molecule has 3 heteroatoms. The number of rotatable bonds is 1. The van der Waals surface area contributed by atoms with Gasteiger partial charge in [0.05, 0.1) is 0 Å². The van der Waals surface area contributed by atoms with E-state index in [-0.39, 0.29) is 11.0 Å². The van der Waals surface area contributed by atoms with Crippen molar-refractivity contribution in [1.29, 1.82) is 0 Å². The number of hydrogen-bond acceptors (Lipinski definition) is 2. The number of carbonyl (C=O) groups excluding carboxylic acids is 1. The van der Waals surface area contributed by atoms with Gasteiger partial charge in [-0.25, -0.2) is 0 Å².